The summed E-state index contributed by atoms with van der Waals surface area (Å²) in [5.74, 6) is -1.19. The molecule has 2 rings (SSSR count). The number of nitrogens with two attached hydrogens (primary N) is 1. The molecule has 2 aromatic rings. The van der Waals surface area contributed by atoms with Crippen molar-refractivity contribution in [3.8, 4) is 11.4 Å². The number of carboxylic acid groups (broad SMARTS) is 1. The molecule has 2 heterocycles. The molecule has 0 spiro atoms. The summed E-state index contributed by atoms with van der Waals surface area (Å²) in [5, 5.41) is 9.27. The summed E-state index contributed by atoms with van der Waals surface area (Å²) in [4.78, 5) is 23.3. The highest BCUT2D eigenvalue weighted by molar-refractivity contribution is 6.28. The number of carbonyl (C=O) groups is 1. The molecule has 0 saturated carbocycles. The SMILES string of the molecule is Cc1cnc(Cl)nc1-c1cn(CC(C)N)c(C(=O)O)n1.Cl.Cl. The summed E-state index contributed by atoms with van der Waals surface area (Å²) >= 11 is 5.77. The average molecular weight is 369 g/mol. The van der Waals surface area contributed by atoms with Crippen LogP contribution in [0.2, 0.25) is 5.28 Å². The zero-order valence-electron chi connectivity index (χ0n) is 11.9. The molecule has 0 radical (unpaired) electrons. The Bertz CT molecular complexity index is 660. The van der Waals surface area contributed by atoms with E-state index in [-0.39, 0.29) is 42.0 Å². The first-order valence-electron chi connectivity index (χ1n) is 5.94. The van der Waals surface area contributed by atoms with Gasteiger partial charge in [-0.1, -0.05) is 0 Å². The minimum Gasteiger partial charge on any atom is -0.475 e. The Morgan fingerprint density at radius 1 is 1.45 bits per heavy atom. The molecule has 0 fully saturated rings. The quantitative estimate of drug-likeness (QED) is 0.801. The predicted molar refractivity (Wildman–Crippen MR) is 88.1 cm³/mol. The summed E-state index contributed by atoms with van der Waals surface area (Å²) in [7, 11) is 0. The molecule has 0 aliphatic rings. The Morgan fingerprint density at radius 2 is 2.09 bits per heavy atom. The van der Waals surface area contributed by atoms with Gasteiger partial charge in [0.15, 0.2) is 0 Å². The van der Waals surface area contributed by atoms with Gasteiger partial charge in [-0.15, -0.1) is 24.8 Å². The Balaban J connectivity index is 0.00000220. The highest BCUT2D eigenvalue weighted by Crippen LogP contribution is 2.21. The van der Waals surface area contributed by atoms with Crippen molar-refractivity contribution in [1.82, 2.24) is 19.5 Å². The third-order valence-corrected chi connectivity index (χ3v) is 2.82. The molecular formula is C12H16Cl3N5O2. The lowest BCUT2D eigenvalue weighted by Gasteiger charge is -2.07. The molecule has 0 saturated heterocycles. The smallest absolute Gasteiger partial charge is 0.372 e. The van der Waals surface area contributed by atoms with E-state index in [1.807, 2.05) is 0 Å². The Morgan fingerprint density at radius 3 is 2.64 bits per heavy atom. The Labute approximate surface area is 144 Å². The number of aryl methyl sites for hydroxylation is 1. The van der Waals surface area contributed by atoms with E-state index in [0.717, 1.165) is 5.56 Å². The molecule has 0 aliphatic heterocycles. The van der Waals surface area contributed by atoms with Crippen LogP contribution in [-0.4, -0.2) is 36.6 Å². The van der Waals surface area contributed by atoms with Crippen molar-refractivity contribution in [2.24, 2.45) is 5.73 Å². The van der Waals surface area contributed by atoms with E-state index in [1.54, 1.807) is 26.2 Å². The maximum atomic E-state index is 11.2. The van der Waals surface area contributed by atoms with E-state index in [0.29, 0.717) is 17.9 Å². The van der Waals surface area contributed by atoms with Crippen LogP contribution in [0.15, 0.2) is 12.4 Å². The molecule has 0 amide bonds. The van der Waals surface area contributed by atoms with E-state index in [1.165, 1.54) is 4.57 Å². The van der Waals surface area contributed by atoms with Gasteiger partial charge in [0.1, 0.15) is 5.69 Å². The van der Waals surface area contributed by atoms with Gasteiger partial charge in [-0.3, -0.25) is 0 Å². The minimum atomic E-state index is -1.12. The van der Waals surface area contributed by atoms with Crippen LogP contribution in [0.4, 0.5) is 0 Å². The summed E-state index contributed by atoms with van der Waals surface area (Å²) < 4.78 is 1.50. The fraction of sp³-hybridized carbons (Fsp3) is 0.333. The van der Waals surface area contributed by atoms with Crippen LogP contribution >= 0.6 is 36.4 Å². The summed E-state index contributed by atoms with van der Waals surface area (Å²) in [6.07, 6.45) is 3.17. The number of hydrogen-bond acceptors (Lipinski definition) is 5. The number of carboxylic acids is 1. The number of aromatic carboxylic acids is 1. The van der Waals surface area contributed by atoms with Gasteiger partial charge in [-0.05, 0) is 31.0 Å². The number of aromatic nitrogens is 4. The topological polar surface area (TPSA) is 107 Å². The first kappa shape index (κ1) is 20.6. The third-order valence-electron chi connectivity index (χ3n) is 2.64. The summed E-state index contributed by atoms with van der Waals surface area (Å²) in [6, 6.07) is -0.190. The second-order valence-electron chi connectivity index (χ2n) is 4.56. The molecule has 3 N–H and O–H groups in total. The molecule has 0 aromatic carbocycles. The van der Waals surface area contributed by atoms with Crippen LogP contribution in [-0.2, 0) is 6.54 Å². The summed E-state index contributed by atoms with van der Waals surface area (Å²) in [5.41, 5.74) is 7.41. The van der Waals surface area contributed by atoms with Gasteiger partial charge in [-0.25, -0.2) is 19.7 Å². The molecule has 0 aliphatic carbocycles. The van der Waals surface area contributed by atoms with Crippen molar-refractivity contribution in [2.75, 3.05) is 0 Å². The van der Waals surface area contributed by atoms with Crippen molar-refractivity contribution in [3.05, 3.63) is 29.1 Å². The van der Waals surface area contributed by atoms with E-state index in [4.69, 9.17) is 17.3 Å². The number of rotatable bonds is 4. The first-order valence-corrected chi connectivity index (χ1v) is 6.32. The molecule has 10 heteroatoms. The highest BCUT2D eigenvalue weighted by atomic mass is 35.5. The van der Waals surface area contributed by atoms with E-state index in [2.05, 4.69) is 15.0 Å². The fourth-order valence-electron chi connectivity index (χ4n) is 1.83. The van der Waals surface area contributed by atoms with Crippen molar-refractivity contribution in [2.45, 2.75) is 26.4 Å². The van der Waals surface area contributed by atoms with Gasteiger partial charge < -0.3 is 15.4 Å². The maximum Gasteiger partial charge on any atom is 0.372 e. The van der Waals surface area contributed by atoms with Gasteiger partial charge in [0, 0.05) is 25.0 Å². The minimum absolute atomic E-state index is 0. The normalized spacial score (nSPS) is 11.3. The second-order valence-corrected chi connectivity index (χ2v) is 4.89. The Kier molecular flexibility index (Phi) is 7.75. The first-order chi connectivity index (χ1) is 9.38. The highest BCUT2D eigenvalue weighted by Gasteiger charge is 2.18. The van der Waals surface area contributed by atoms with Crippen molar-refractivity contribution in [3.63, 3.8) is 0 Å². The molecule has 122 valence electrons. The monoisotopic (exact) mass is 367 g/mol. The van der Waals surface area contributed by atoms with Crippen LogP contribution in [0, 0.1) is 6.92 Å². The van der Waals surface area contributed by atoms with Crippen LogP contribution in [0.5, 0.6) is 0 Å². The van der Waals surface area contributed by atoms with Crippen LogP contribution in [0.3, 0.4) is 0 Å². The molecule has 22 heavy (non-hydrogen) atoms. The zero-order valence-corrected chi connectivity index (χ0v) is 14.2. The van der Waals surface area contributed by atoms with Crippen LogP contribution in [0.25, 0.3) is 11.4 Å². The third kappa shape index (κ3) is 4.54. The van der Waals surface area contributed by atoms with Gasteiger partial charge in [0.2, 0.25) is 11.1 Å². The number of halogens is 3. The molecule has 0 bridgehead atoms. The standard InChI is InChI=1S/C12H14ClN5O2.2ClH/c1-6-3-15-12(13)17-9(6)8-5-18(4-7(2)14)10(16-8)11(19)20;;/h3,5,7H,4,14H2,1-2H3,(H,19,20);2*1H. The van der Waals surface area contributed by atoms with Gasteiger partial charge >= 0.3 is 5.97 Å². The second kappa shape index (κ2) is 8.28. The molecule has 7 nitrogen and oxygen atoms in total. The van der Waals surface area contributed by atoms with E-state index < -0.39 is 5.97 Å². The number of nitrogens with zero attached hydrogens (tertiary/aromatic N) is 4. The number of hydrogen-bond donors (Lipinski definition) is 2. The van der Waals surface area contributed by atoms with Crippen molar-refractivity contribution >= 4 is 42.4 Å². The molecule has 1 atom stereocenters. The van der Waals surface area contributed by atoms with Crippen LogP contribution in [0.1, 0.15) is 23.1 Å². The molecule has 2 aromatic heterocycles. The maximum absolute atomic E-state index is 11.2. The average Bonchev–Trinajstić information content (AvgIpc) is 2.75. The lowest BCUT2D eigenvalue weighted by atomic mass is 10.2. The van der Waals surface area contributed by atoms with Gasteiger partial charge in [-0.2, -0.15) is 0 Å². The van der Waals surface area contributed by atoms with E-state index >= 15 is 0 Å². The number of imidazole rings is 1. The van der Waals surface area contributed by atoms with Crippen LogP contribution < -0.4 is 5.73 Å². The largest absolute Gasteiger partial charge is 0.475 e. The summed E-state index contributed by atoms with van der Waals surface area (Å²) in [6.45, 7) is 3.95. The lowest BCUT2D eigenvalue weighted by Crippen LogP contribution is -2.24. The zero-order chi connectivity index (χ0) is 14.9. The van der Waals surface area contributed by atoms with E-state index in [9.17, 15) is 9.90 Å². The van der Waals surface area contributed by atoms with Gasteiger partial charge in [0.05, 0.1) is 5.69 Å². The molecule has 1 unspecified atom stereocenters. The Hall–Kier alpha value is -1.41. The molecular weight excluding hydrogens is 353 g/mol. The lowest BCUT2D eigenvalue weighted by molar-refractivity contribution is 0.0678. The van der Waals surface area contributed by atoms with Crippen molar-refractivity contribution in [1.29, 1.82) is 0 Å². The van der Waals surface area contributed by atoms with Gasteiger partial charge in [0.25, 0.3) is 0 Å². The fourth-order valence-corrected chi connectivity index (χ4v) is 1.96. The van der Waals surface area contributed by atoms with Crippen molar-refractivity contribution < 1.29 is 9.90 Å². The predicted octanol–water partition coefficient (Wildman–Crippen LogP) is 2.19.